The van der Waals surface area contributed by atoms with Crippen LogP contribution in [0.4, 0.5) is 22.7 Å². The van der Waals surface area contributed by atoms with Crippen LogP contribution in [-0.2, 0) is 0 Å². The maximum absolute atomic E-state index is 5.15. The van der Waals surface area contributed by atoms with Gasteiger partial charge in [0, 0.05) is 0 Å². The molecular formula is C119H112N6. The number of hydrogen-bond acceptors (Lipinski definition) is 6. The Hall–Kier alpha value is -13.9. The van der Waals surface area contributed by atoms with Gasteiger partial charge in [0.05, 0.1) is 69.4 Å². The topological polar surface area (TPSA) is 75.2 Å². The third-order valence-corrected chi connectivity index (χ3v) is 24.1. The van der Waals surface area contributed by atoms with E-state index in [-0.39, 0.29) is 0 Å². The minimum atomic E-state index is 0.761. The third-order valence-electron chi connectivity index (χ3n) is 24.1. The van der Waals surface area contributed by atoms with E-state index in [4.69, 9.17) is 29.9 Å². The maximum Gasteiger partial charge on any atom is 0.0852 e. The summed E-state index contributed by atoms with van der Waals surface area (Å²) in [6, 6.07) is 104. The molecule has 2 aromatic heterocycles. The Labute approximate surface area is 741 Å². The number of benzene rings is 14. The first-order valence-corrected chi connectivity index (χ1v) is 43.6. The second kappa shape index (κ2) is 37.0. The molecule has 125 heavy (non-hydrogen) atoms. The van der Waals surface area contributed by atoms with Crippen molar-refractivity contribution in [1.82, 2.24) is 9.97 Å². The molecule has 0 aliphatic carbocycles. The number of aliphatic imine (C=N–C) groups is 4. The van der Waals surface area contributed by atoms with Crippen LogP contribution in [0.3, 0.4) is 0 Å². The van der Waals surface area contributed by atoms with Crippen molar-refractivity contribution in [2.75, 3.05) is 0 Å². The SMILES string of the molecule is CC(=Nc1c(C)cc(-c2c(C)cc(C)cc2C)cc1C)c1cc(C)cc(C(C)=Nc2c(C)cc(-c3c(C)cc(C)cc3C)cc2C)n1.Cc1ccc(-c2cc(-c3ccccc3)cc(-c3ccc(C)cc3)c2-c2cc(C)c(N=Cc3cccc(C=Nc4c(C)cc(-c5c(-c6ccc(C)cc6)cc(-c6ccccc6)cc5-c5ccc(C)cc5)cc4C)n3)c(C)c2)cc1. The molecule has 0 N–H and O–H groups in total. The fraction of sp³-hybridized carbons (Fsp3) is 0.176. The van der Waals surface area contributed by atoms with Gasteiger partial charge in [0.25, 0.3) is 0 Å². The van der Waals surface area contributed by atoms with Crippen molar-refractivity contribution in [3.8, 4) is 111 Å². The van der Waals surface area contributed by atoms with Crippen LogP contribution in [0, 0.1) is 132 Å². The smallest absolute Gasteiger partial charge is 0.0852 e. The van der Waals surface area contributed by atoms with E-state index >= 15 is 0 Å². The summed E-state index contributed by atoms with van der Waals surface area (Å²) in [4.78, 5) is 30.7. The molecule has 14 aromatic carbocycles. The second-order valence-corrected chi connectivity index (χ2v) is 34.8. The monoisotopic (exact) mass is 1620 g/mol. The van der Waals surface area contributed by atoms with Gasteiger partial charge in [0.15, 0.2) is 0 Å². The molecule has 16 aromatic rings. The largest absolute Gasteiger partial charge is 0.254 e. The lowest BCUT2D eigenvalue weighted by Gasteiger charge is -2.21. The van der Waals surface area contributed by atoms with E-state index in [1.807, 2.05) is 30.6 Å². The van der Waals surface area contributed by atoms with Gasteiger partial charge in [-0.2, -0.15) is 0 Å². The highest BCUT2D eigenvalue weighted by Gasteiger charge is 2.24. The molecule has 0 aliphatic heterocycles. The quantitative estimate of drug-likeness (QED) is 0.0803. The van der Waals surface area contributed by atoms with E-state index < -0.39 is 0 Å². The highest BCUT2D eigenvalue weighted by Crippen LogP contribution is 2.49. The number of pyridine rings is 2. The summed E-state index contributed by atoms with van der Waals surface area (Å²) in [5, 5.41) is 0. The molecule has 0 fully saturated rings. The highest BCUT2D eigenvalue weighted by atomic mass is 14.8. The first kappa shape index (κ1) is 86.0. The predicted molar refractivity (Wildman–Crippen MR) is 537 cm³/mol. The first-order valence-electron chi connectivity index (χ1n) is 43.6. The minimum Gasteiger partial charge on any atom is -0.254 e. The maximum atomic E-state index is 5.15. The van der Waals surface area contributed by atoms with Crippen LogP contribution in [0.2, 0.25) is 0 Å². The Morgan fingerprint density at radius 2 is 0.456 bits per heavy atom. The summed E-state index contributed by atoms with van der Waals surface area (Å²) in [6.45, 7) is 45.2. The molecule has 16 rings (SSSR count). The normalized spacial score (nSPS) is 11.8. The van der Waals surface area contributed by atoms with Gasteiger partial charge in [-0.05, 0) is 426 Å². The van der Waals surface area contributed by atoms with Crippen molar-refractivity contribution in [3.05, 3.63) is 414 Å². The second-order valence-electron chi connectivity index (χ2n) is 34.8. The van der Waals surface area contributed by atoms with Gasteiger partial charge < -0.3 is 0 Å². The summed E-state index contributed by atoms with van der Waals surface area (Å²) in [5.74, 6) is 0. The van der Waals surface area contributed by atoms with E-state index in [9.17, 15) is 0 Å². The summed E-state index contributed by atoms with van der Waals surface area (Å²) >= 11 is 0. The van der Waals surface area contributed by atoms with Crippen LogP contribution < -0.4 is 0 Å². The average molecular weight is 1630 g/mol. The molecular weight excluding hydrogens is 1510 g/mol. The zero-order valence-electron chi connectivity index (χ0n) is 76.5. The van der Waals surface area contributed by atoms with Gasteiger partial charge in [0.2, 0.25) is 0 Å². The number of aromatic nitrogens is 2. The minimum absolute atomic E-state index is 0.761. The molecule has 0 saturated carbocycles. The Bertz CT molecular complexity index is 6250. The molecule has 6 nitrogen and oxygen atoms in total. The van der Waals surface area contributed by atoms with E-state index in [1.165, 1.54) is 156 Å². The van der Waals surface area contributed by atoms with Gasteiger partial charge in [-0.3, -0.25) is 20.0 Å². The third kappa shape index (κ3) is 19.3. The molecule has 0 atom stereocenters. The van der Waals surface area contributed by atoms with Crippen molar-refractivity contribution >= 4 is 46.6 Å². The summed E-state index contributed by atoms with van der Waals surface area (Å²) < 4.78 is 0. The Balaban J connectivity index is 0.000000219. The van der Waals surface area contributed by atoms with Crippen LogP contribution in [0.25, 0.3) is 111 Å². The van der Waals surface area contributed by atoms with Crippen molar-refractivity contribution in [2.45, 2.75) is 145 Å². The highest BCUT2D eigenvalue weighted by molar-refractivity contribution is 6.04. The van der Waals surface area contributed by atoms with E-state index in [2.05, 4.69) is 412 Å². The van der Waals surface area contributed by atoms with E-state index in [0.717, 1.165) is 118 Å². The fourth-order valence-electron chi connectivity index (χ4n) is 18.1. The molecule has 0 radical (unpaired) electrons. The lowest BCUT2D eigenvalue weighted by molar-refractivity contribution is 1.20. The van der Waals surface area contributed by atoms with Crippen LogP contribution >= 0.6 is 0 Å². The summed E-state index contributed by atoms with van der Waals surface area (Å²) in [6.07, 6.45) is 3.75. The zero-order chi connectivity index (χ0) is 88.2. The molecule has 6 heteroatoms. The van der Waals surface area contributed by atoms with Gasteiger partial charge in [0.1, 0.15) is 0 Å². The fourth-order valence-corrected chi connectivity index (χ4v) is 18.1. The Morgan fingerprint density at radius 3 is 0.736 bits per heavy atom. The average Bonchev–Trinajstić information content (AvgIpc) is 0.756. The van der Waals surface area contributed by atoms with E-state index in [0.29, 0.717) is 0 Å². The molecule has 0 amide bonds. The lowest BCUT2D eigenvalue weighted by Crippen LogP contribution is -2.07. The van der Waals surface area contributed by atoms with Crippen molar-refractivity contribution in [1.29, 1.82) is 0 Å². The van der Waals surface area contributed by atoms with Crippen LogP contribution in [-0.4, -0.2) is 33.8 Å². The molecule has 0 unspecified atom stereocenters. The molecule has 0 bridgehead atoms. The van der Waals surface area contributed by atoms with Crippen molar-refractivity contribution in [2.24, 2.45) is 20.0 Å². The van der Waals surface area contributed by atoms with Crippen LogP contribution in [0.5, 0.6) is 0 Å². The Morgan fingerprint density at radius 1 is 0.200 bits per heavy atom. The van der Waals surface area contributed by atoms with E-state index in [1.54, 1.807) is 0 Å². The molecule has 0 spiro atoms. The molecule has 0 saturated heterocycles. The first-order chi connectivity index (χ1) is 60.0. The molecule has 618 valence electrons. The standard InChI is InChI=1S/C75H63N3.C44H49N3/c1-48-22-30-58(31-23-48)68-42-62(56-16-11-9-12-17-56)43-69(59-32-24-49(2)25-33-59)72(68)64-38-52(5)74(53(6)39-64)76-46-66-20-15-21-67(78-66)47-77-75-54(7)40-65(41-55(75)8)73-70(60-34-26-50(3)27-35-60)44-63(57-18-13-10-14-19-57)45-71(73)61-36-28-51(4)29-37-61;1-24-14-27(4)41(28(5)15-24)37-20-31(8)43(32(9)21-37)45-35(12)39-18-26(3)19-40(47-39)36(13)46-44-33(10)22-38(23-34(44)11)42-29(6)16-25(2)17-30(42)7/h9-47H,1-8H3;14-23H,1-13H3. The number of rotatable bonds is 18. The van der Waals surface area contributed by atoms with Crippen LogP contribution in [0.1, 0.15) is 142 Å². The zero-order valence-corrected chi connectivity index (χ0v) is 76.5. The van der Waals surface area contributed by atoms with Gasteiger partial charge in [-0.25, -0.2) is 9.97 Å². The summed E-state index contributed by atoms with van der Waals surface area (Å²) in [5.41, 5.74) is 55.9. The predicted octanol–water partition coefficient (Wildman–Crippen LogP) is 32.5. The molecule has 0 aliphatic rings. The number of aryl methyl sites for hydroxylation is 19. The number of hydrogen-bond donors (Lipinski definition) is 0. The van der Waals surface area contributed by atoms with Gasteiger partial charge in [-0.1, -0.05) is 221 Å². The van der Waals surface area contributed by atoms with Crippen molar-refractivity contribution < 1.29 is 0 Å². The lowest BCUT2D eigenvalue weighted by atomic mass is 9.83. The summed E-state index contributed by atoms with van der Waals surface area (Å²) in [7, 11) is 0. The number of nitrogens with zero attached hydrogens (tertiary/aromatic N) is 6. The van der Waals surface area contributed by atoms with Crippen LogP contribution in [0.15, 0.2) is 305 Å². The van der Waals surface area contributed by atoms with Gasteiger partial charge >= 0.3 is 0 Å². The van der Waals surface area contributed by atoms with Gasteiger partial charge in [-0.15, -0.1) is 0 Å². The van der Waals surface area contributed by atoms with Crippen molar-refractivity contribution in [3.63, 3.8) is 0 Å². The molecule has 2 heterocycles. The Kier molecular flexibility index (Phi) is 25.5.